The van der Waals surface area contributed by atoms with E-state index in [1.54, 1.807) is 6.07 Å². The van der Waals surface area contributed by atoms with Crippen LogP contribution in [-0.2, 0) is 4.74 Å². The van der Waals surface area contributed by atoms with Gasteiger partial charge in [-0.05, 0) is 34.5 Å². The molecule has 0 amide bonds. The summed E-state index contributed by atoms with van der Waals surface area (Å²) in [5.41, 5.74) is 1.35. The molecule has 3 nitrogen and oxygen atoms in total. The van der Waals surface area contributed by atoms with Crippen LogP contribution in [0, 0.1) is 6.92 Å². The summed E-state index contributed by atoms with van der Waals surface area (Å²) in [5.74, 6) is -0.354. The Balaban J connectivity index is 3.09. The lowest BCUT2D eigenvalue weighted by Crippen LogP contribution is -2.04. The zero-order valence-electron chi connectivity index (χ0n) is 6.80. The molecule has 0 saturated carbocycles. The number of rotatable bonds is 1. The third-order valence-electron chi connectivity index (χ3n) is 1.48. The first-order valence-corrected chi connectivity index (χ1v) is 4.15. The zero-order chi connectivity index (χ0) is 9.14. The summed E-state index contributed by atoms with van der Waals surface area (Å²) in [4.78, 5) is 15.0. The fraction of sp³-hybridized carbons (Fsp3) is 0.250. The minimum atomic E-state index is -0.354. The third-order valence-corrected chi connectivity index (χ3v) is 1.92. The fourth-order valence-corrected chi connectivity index (χ4v) is 1.29. The van der Waals surface area contributed by atoms with E-state index in [0.29, 0.717) is 10.2 Å². The molecule has 0 N–H and O–H groups in total. The van der Waals surface area contributed by atoms with Crippen LogP contribution in [-0.4, -0.2) is 18.1 Å². The van der Waals surface area contributed by atoms with Gasteiger partial charge in [-0.25, -0.2) is 9.78 Å². The quantitative estimate of drug-likeness (QED) is 0.546. The predicted octanol–water partition coefficient (Wildman–Crippen LogP) is 1.94. The van der Waals surface area contributed by atoms with Crippen molar-refractivity contribution in [3.05, 3.63) is 28.0 Å². The highest BCUT2D eigenvalue weighted by Crippen LogP contribution is 2.12. The molecular formula is C8H8BrNO2. The molecule has 0 bridgehead atoms. The van der Waals surface area contributed by atoms with Gasteiger partial charge in [0.1, 0.15) is 4.60 Å². The summed E-state index contributed by atoms with van der Waals surface area (Å²) < 4.78 is 5.28. The van der Waals surface area contributed by atoms with E-state index in [1.165, 1.54) is 13.3 Å². The Morgan fingerprint density at radius 3 is 2.83 bits per heavy atom. The Kier molecular flexibility index (Phi) is 2.81. The van der Waals surface area contributed by atoms with Gasteiger partial charge in [-0.15, -0.1) is 0 Å². The highest BCUT2D eigenvalue weighted by atomic mass is 79.9. The van der Waals surface area contributed by atoms with Crippen LogP contribution >= 0.6 is 15.9 Å². The molecule has 1 rings (SSSR count). The van der Waals surface area contributed by atoms with E-state index in [2.05, 4.69) is 25.7 Å². The Morgan fingerprint density at radius 2 is 2.33 bits per heavy atom. The first-order valence-electron chi connectivity index (χ1n) is 3.35. The van der Waals surface area contributed by atoms with Gasteiger partial charge in [0, 0.05) is 6.20 Å². The molecule has 0 aliphatic heterocycles. The van der Waals surface area contributed by atoms with Crippen molar-refractivity contribution in [1.29, 1.82) is 0 Å². The second kappa shape index (κ2) is 3.67. The van der Waals surface area contributed by atoms with Crippen molar-refractivity contribution in [1.82, 2.24) is 4.98 Å². The van der Waals surface area contributed by atoms with Gasteiger partial charge in [-0.2, -0.15) is 0 Å². The molecular weight excluding hydrogens is 222 g/mol. The SMILES string of the molecule is COC(=O)c1cnc(Br)cc1C. The number of ether oxygens (including phenoxy) is 1. The summed E-state index contributed by atoms with van der Waals surface area (Å²) in [6.07, 6.45) is 1.49. The molecule has 0 unspecified atom stereocenters. The molecule has 1 aromatic rings. The normalized spacial score (nSPS) is 9.58. The van der Waals surface area contributed by atoms with E-state index in [4.69, 9.17) is 0 Å². The van der Waals surface area contributed by atoms with Crippen LogP contribution in [0.3, 0.4) is 0 Å². The second-order valence-corrected chi connectivity index (χ2v) is 3.13. The minimum Gasteiger partial charge on any atom is -0.465 e. The minimum absolute atomic E-state index is 0.354. The highest BCUT2D eigenvalue weighted by Gasteiger charge is 2.08. The van der Waals surface area contributed by atoms with Crippen molar-refractivity contribution in [2.45, 2.75) is 6.92 Å². The Hall–Kier alpha value is -0.900. The van der Waals surface area contributed by atoms with Gasteiger partial charge in [0.25, 0.3) is 0 Å². The molecule has 0 aliphatic carbocycles. The van der Waals surface area contributed by atoms with Crippen molar-refractivity contribution in [3.63, 3.8) is 0 Å². The van der Waals surface area contributed by atoms with Crippen LogP contribution in [0.25, 0.3) is 0 Å². The first-order chi connectivity index (χ1) is 5.65. The number of aromatic nitrogens is 1. The van der Waals surface area contributed by atoms with Gasteiger partial charge < -0.3 is 4.74 Å². The molecule has 4 heteroatoms. The summed E-state index contributed by atoms with van der Waals surface area (Å²) in [7, 11) is 1.35. The summed E-state index contributed by atoms with van der Waals surface area (Å²) in [6.45, 7) is 1.83. The van der Waals surface area contributed by atoms with Gasteiger partial charge in [-0.3, -0.25) is 0 Å². The van der Waals surface area contributed by atoms with Gasteiger partial charge in [0.05, 0.1) is 12.7 Å². The topological polar surface area (TPSA) is 39.2 Å². The molecule has 1 aromatic heterocycles. The van der Waals surface area contributed by atoms with E-state index >= 15 is 0 Å². The van der Waals surface area contributed by atoms with Crippen molar-refractivity contribution < 1.29 is 9.53 Å². The maximum absolute atomic E-state index is 11.1. The molecule has 0 fully saturated rings. The van der Waals surface area contributed by atoms with Crippen LogP contribution in [0.1, 0.15) is 15.9 Å². The number of carbonyl (C=O) groups is 1. The van der Waals surface area contributed by atoms with Gasteiger partial charge >= 0.3 is 5.97 Å². The average molecular weight is 230 g/mol. The molecule has 12 heavy (non-hydrogen) atoms. The van der Waals surface area contributed by atoms with Crippen LogP contribution < -0.4 is 0 Å². The molecule has 0 saturated heterocycles. The van der Waals surface area contributed by atoms with E-state index < -0.39 is 0 Å². The van der Waals surface area contributed by atoms with E-state index in [1.807, 2.05) is 6.92 Å². The molecule has 0 radical (unpaired) electrons. The Morgan fingerprint density at radius 1 is 1.67 bits per heavy atom. The maximum Gasteiger partial charge on any atom is 0.339 e. The molecule has 64 valence electrons. The van der Waals surface area contributed by atoms with Gasteiger partial charge in [-0.1, -0.05) is 0 Å². The molecule has 1 heterocycles. The number of carbonyl (C=O) groups excluding carboxylic acids is 1. The van der Waals surface area contributed by atoms with Crippen LogP contribution in [0.5, 0.6) is 0 Å². The highest BCUT2D eigenvalue weighted by molar-refractivity contribution is 9.10. The number of hydrogen-bond acceptors (Lipinski definition) is 3. The van der Waals surface area contributed by atoms with Crippen molar-refractivity contribution in [3.8, 4) is 0 Å². The molecule has 0 aromatic carbocycles. The third kappa shape index (κ3) is 1.82. The predicted molar refractivity (Wildman–Crippen MR) is 48.0 cm³/mol. The Labute approximate surface area is 78.9 Å². The van der Waals surface area contributed by atoms with Crippen molar-refractivity contribution >= 4 is 21.9 Å². The van der Waals surface area contributed by atoms with Crippen molar-refractivity contribution in [2.24, 2.45) is 0 Å². The Bertz CT molecular complexity index is 312. The second-order valence-electron chi connectivity index (χ2n) is 2.31. The smallest absolute Gasteiger partial charge is 0.339 e. The molecule has 0 aliphatic rings. The standard InChI is InChI=1S/C8H8BrNO2/c1-5-3-7(9)10-4-6(5)8(11)12-2/h3-4H,1-2H3. The number of halogens is 1. The summed E-state index contributed by atoms with van der Waals surface area (Å²) in [6, 6.07) is 1.77. The van der Waals surface area contributed by atoms with Crippen LogP contribution in [0.4, 0.5) is 0 Å². The zero-order valence-corrected chi connectivity index (χ0v) is 8.38. The number of nitrogens with zero attached hydrogens (tertiary/aromatic N) is 1. The number of methoxy groups -OCH3 is 1. The lowest BCUT2D eigenvalue weighted by molar-refractivity contribution is 0.0599. The fourth-order valence-electron chi connectivity index (χ4n) is 0.845. The summed E-state index contributed by atoms with van der Waals surface area (Å²) >= 11 is 3.20. The lowest BCUT2D eigenvalue weighted by atomic mass is 10.2. The monoisotopic (exact) mass is 229 g/mol. The largest absolute Gasteiger partial charge is 0.465 e. The number of pyridine rings is 1. The number of esters is 1. The number of hydrogen-bond donors (Lipinski definition) is 0. The van der Waals surface area contributed by atoms with E-state index in [9.17, 15) is 4.79 Å². The van der Waals surface area contributed by atoms with Crippen LogP contribution in [0.15, 0.2) is 16.9 Å². The van der Waals surface area contributed by atoms with Crippen molar-refractivity contribution in [2.75, 3.05) is 7.11 Å². The maximum atomic E-state index is 11.1. The summed E-state index contributed by atoms with van der Waals surface area (Å²) in [5, 5.41) is 0. The lowest BCUT2D eigenvalue weighted by Gasteiger charge is -2.02. The molecule has 0 spiro atoms. The average Bonchev–Trinajstić information content (AvgIpc) is 2.03. The van der Waals surface area contributed by atoms with E-state index in [0.717, 1.165) is 5.56 Å². The molecule has 0 atom stereocenters. The van der Waals surface area contributed by atoms with E-state index in [-0.39, 0.29) is 5.97 Å². The van der Waals surface area contributed by atoms with Crippen LogP contribution in [0.2, 0.25) is 0 Å². The number of aryl methyl sites for hydroxylation is 1. The van der Waals surface area contributed by atoms with Gasteiger partial charge in [0.2, 0.25) is 0 Å². The van der Waals surface area contributed by atoms with Gasteiger partial charge in [0.15, 0.2) is 0 Å². The first kappa shape index (κ1) is 9.19.